The van der Waals surface area contributed by atoms with Crippen LogP contribution in [0.2, 0.25) is 0 Å². The number of carbonyl (C=O) groups excluding carboxylic acids is 1. The van der Waals surface area contributed by atoms with Crippen LogP contribution >= 0.6 is 0 Å². The maximum Gasteiger partial charge on any atom is 0.246 e. The van der Waals surface area contributed by atoms with Gasteiger partial charge in [-0.2, -0.15) is 0 Å². The highest BCUT2D eigenvalue weighted by molar-refractivity contribution is 6.03. The van der Waals surface area contributed by atoms with Crippen molar-refractivity contribution >= 4 is 22.8 Å². The summed E-state index contributed by atoms with van der Waals surface area (Å²) in [5.74, 6) is 8.77. The second-order valence-electron chi connectivity index (χ2n) is 9.55. The van der Waals surface area contributed by atoms with E-state index in [1.54, 1.807) is 6.08 Å². The smallest absolute Gasteiger partial charge is 0.246 e. The molecule has 2 aromatic carbocycles. The fourth-order valence-corrected chi connectivity index (χ4v) is 4.41. The molecule has 0 aliphatic carbocycles. The van der Waals surface area contributed by atoms with Gasteiger partial charge in [-0.3, -0.25) is 4.79 Å². The van der Waals surface area contributed by atoms with Gasteiger partial charge in [0.2, 0.25) is 5.91 Å². The molecule has 2 N–H and O–H groups in total. The summed E-state index contributed by atoms with van der Waals surface area (Å²) in [7, 11) is 5.87. The van der Waals surface area contributed by atoms with Crippen molar-refractivity contribution in [2.45, 2.75) is 0 Å². The number of carbonyl (C=O) groups is 1. The Labute approximate surface area is 222 Å². The molecule has 38 heavy (non-hydrogen) atoms. The summed E-state index contributed by atoms with van der Waals surface area (Å²) >= 11 is 0. The summed E-state index contributed by atoms with van der Waals surface area (Å²) in [4.78, 5) is 24.9. The first-order valence-corrected chi connectivity index (χ1v) is 12.4. The van der Waals surface area contributed by atoms with E-state index in [4.69, 9.17) is 10.5 Å². The summed E-state index contributed by atoms with van der Waals surface area (Å²) in [6.45, 7) is 1.97. The predicted molar refractivity (Wildman–Crippen MR) is 150 cm³/mol. The number of likely N-dealkylation sites (tertiary alicyclic amines) is 1. The number of nitrogens with zero attached hydrogens (tertiary/aromatic N) is 5. The Morgan fingerprint density at radius 1 is 1.11 bits per heavy atom. The van der Waals surface area contributed by atoms with E-state index in [0.717, 1.165) is 45.9 Å². The molecule has 2 aromatic heterocycles. The zero-order valence-corrected chi connectivity index (χ0v) is 21.8. The standard InChI is InChI=1S/C30H30N6O2/c1-34(2)17-7-10-26(37)36-18-21(19-36)11-16-25-27(28-29(31)32-20-33-30(28)35(25)3)22-12-14-24(15-13-22)38-23-8-5-4-6-9-23/h4-10,12-15,20-21H,17-19H2,1-3H3,(H2,31,32,33)/b10-7+. The summed E-state index contributed by atoms with van der Waals surface area (Å²) < 4.78 is 7.91. The molecule has 1 fully saturated rings. The average Bonchev–Trinajstić information content (AvgIpc) is 3.17. The minimum Gasteiger partial charge on any atom is -0.457 e. The number of amides is 1. The van der Waals surface area contributed by atoms with Crippen molar-refractivity contribution in [3.63, 3.8) is 0 Å². The van der Waals surface area contributed by atoms with Crippen molar-refractivity contribution in [2.24, 2.45) is 13.0 Å². The molecule has 0 saturated carbocycles. The highest BCUT2D eigenvalue weighted by Gasteiger charge is 2.28. The van der Waals surface area contributed by atoms with Crippen molar-refractivity contribution in [3.8, 4) is 34.5 Å². The van der Waals surface area contributed by atoms with E-state index in [1.165, 1.54) is 6.33 Å². The van der Waals surface area contributed by atoms with Gasteiger partial charge in [0.05, 0.1) is 11.3 Å². The van der Waals surface area contributed by atoms with Crippen LogP contribution in [-0.2, 0) is 11.8 Å². The molecule has 5 rings (SSSR count). The van der Waals surface area contributed by atoms with Gasteiger partial charge >= 0.3 is 0 Å². The first-order chi connectivity index (χ1) is 18.4. The number of likely N-dealkylation sites (N-methyl/N-ethyl adjacent to an activating group) is 1. The molecule has 0 bridgehead atoms. The van der Waals surface area contributed by atoms with E-state index in [2.05, 4.69) is 21.8 Å². The molecule has 1 amide bonds. The first-order valence-electron chi connectivity index (χ1n) is 12.4. The lowest BCUT2D eigenvalue weighted by atomic mass is 9.99. The van der Waals surface area contributed by atoms with Gasteiger partial charge in [-0.05, 0) is 49.8 Å². The quantitative estimate of drug-likeness (QED) is 0.315. The predicted octanol–water partition coefficient (Wildman–Crippen LogP) is 3.94. The highest BCUT2D eigenvalue weighted by Crippen LogP contribution is 2.37. The number of ether oxygens (including phenoxy) is 1. The number of aryl methyl sites for hydroxylation is 1. The van der Waals surface area contributed by atoms with Crippen LogP contribution in [0.3, 0.4) is 0 Å². The Morgan fingerprint density at radius 3 is 2.53 bits per heavy atom. The summed E-state index contributed by atoms with van der Waals surface area (Å²) in [5.41, 5.74) is 9.68. The van der Waals surface area contributed by atoms with E-state index < -0.39 is 0 Å². The van der Waals surface area contributed by atoms with Gasteiger partial charge in [0.15, 0.2) is 0 Å². The third kappa shape index (κ3) is 5.24. The minimum absolute atomic E-state index is 0.0241. The Balaban J connectivity index is 1.40. The summed E-state index contributed by atoms with van der Waals surface area (Å²) in [6.07, 6.45) is 4.98. The lowest BCUT2D eigenvalue weighted by Gasteiger charge is -2.35. The second-order valence-corrected chi connectivity index (χ2v) is 9.55. The third-order valence-electron chi connectivity index (χ3n) is 6.44. The monoisotopic (exact) mass is 506 g/mol. The molecule has 0 atom stereocenters. The molecule has 8 nitrogen and oxygen atoms in total. The molecule has 4 aromatic rings. The zero-order chi connectivity index (χ0) is 26.6. The van der Waals surface area contributed by atoms with E-state index in [9.17, 15) is 4.79 Å². The fraction of sp³-hybridized carbons (Fsp3) is 0.233. The molecular formula is C30H30N6O2. The lowest BCUT2D eigenvalue weighted by molar-refractivity contribution is -0.130. The van der Waals surface area contributed by atoms with Crippen molar-refractivity contribution in [1.29, 1.82) is 0 Å². The maximum atomic E-state index is 12.3. The van der Waals surface area contributed by atoms with Crippen LogP contribution < -0.4 is 10.5 Å². The first kappa shape index (κ1) is 25.1. The molecule has 8 heteroatoms. The Bertz CT molecular complexity index is 1540. The lowest BCUT2D eigenvalue weighted by Crippen LogP contribution is -2.48. The van der Waals surface area contributed by atoms with E-state index in [-0.39, 0.29) is 11.8 Å². The Hall–Kier alpha value is -4.61. The number of fused-ring (bicyclic) bond motifs is 1. The Kier molecular flexibility index (Phi) is 7.11. The highest BCUT2D eigenvalue weighted by atomic mass is 16.5. The topological polar surface area (TPSA) is 89.5 Å². The minimum atomic E-state index is 0.0241. The van der Waals surface area contributed by atoms with Crippen molar-refractivity contribution in [2.75, 3.05) is 39.5 Å². The Morgan fingerprint density at radius 2 is 1.82 bits per heavy atom. The van der Waals surface area contributed by atoms with E-state index >= 15 is 0 Å². The molecule has 1 aliphatic rings. The number of benzene rings is 2. The number of nitrogen functional groups attached to an aromatic ring is 1. The summed E-state index contributed by atoms with van der Waals surface area (Å²) in [5, 5.41) is 0.771. The largest absolute Gasteiger partial charge is 0.457 e. The maximum absolute atomic E-state index is 12.3. The van der Waals surface area contributed by atoms with Crippen molar-refractivity contribution in [3.05, 3.63) is 78.8 Å². The van der Waals surface area contributed by atoms with Gasteiger partial charge in [-0.1, -0.05) is 42.3 Å². The van der Waals surface area contributed by atoms with Crippen molar-refractivity contribution < 1.29 is 9.53 Å². The molecule has 0 radical (unpaired) electrons. The van der Waals surface area contributed by atoms with Gasteiger partial charge in [-0.25, -0.2) is 9.97 Å². The molecule has 0 spiro atoms. The van der Waals surface area contributed by atoms with Crippen LogP contribution in [0.25, 0.3) is 22.2 Å². The van der Waals surface area contributed by atoms with Gasteiger partial charge in [-0.15, -0.1) is 0 Å². The SMILES string of the molecule is CN(C)C/C=C/C(=O)N1CC(C#Cc2c(-c3ccc(Oc4ccccc4)cc3)c3c(N)ncnc3n2C)C1. The normalized spacial score (nSPS) is 13.5. The number of nitrogens with two attached hydrogens (primary N) is 1. The molecular weight excluding hydrogens is 476 g/mol. The molecule has 1 saturated heterocycles. The average molecular weight is 507 g/mol. The number of para-hydroxylation sites is 1. The van der Waals surface area contributed by atoms with Gasteiger partial charge in [0, 0.05) is 38.3 Å². The third-order valence-corrected chi connectivity index (χ3v) is 6.44. The zero-order valence-electron chi connectivity index (χ0n) is 21.8. The van der Waals surface area contributed by atoms with Gasteiger partial charge in [0.1, 0.15) is 35.0 Å². The number of hydrogen-bond acceptors (Lipinski definition) is 6. The van der Waals surface area contributed by atoms with E-state index in [1.807, 2.05) is 96.2 Å². The fourth-order valence-electron chi connectivity index (χ4n) is 4.41. The number of aromatic nitrogens is 3. The van der Waals surface area contributed by atoms with Crippen LogP contribution in [0, 0.1) is 17.8 Å². The van der Waals surface area contributed by atoms with E-state index in [0.29, 0.717) is 18.9 Å². The van der Waals surface area contributed by atoms with Crippen LogP contribution in [0.15, 0.2) is 73.1 Å². The summed E-state index contributed by atoms with van der Waals surface area (Å²) in [6, 6.07) is 17.5. The molecule has 192 valence electrons. The van der Waals surface area contributed by atoms with Gasteiger partial charge in [0.25, 0.3) is 0 Å². The van der Waals surface area contributed by atoms with Crippen LogP contribution in [0.4, 0.5) is 5.82 Å². The number of rotatable bonds is 6. The molecule has 0 unspecified atom stereocenters. The molecule has 1 aliphatic heterocycles. The second kappa shape index (κ2) is 10.8. The van der Waals surface area contributed by atoms with Crippen molar-refractivity contribution in [1.82, 2.24) is 24.3 Å². The number of anilines is 1. The molecule has 3 heterocycles. The van der Waals surface area contributed by atoms with Gasteiger partial charge < -0.3 is 24.8 Å². The van der Waals surface area contributed by atoms with Crippen LogP contribution in [0.5, 0.6) is 11.5 Å². The van der Waals surface area contributed by atoms with Crippen LogP contribution in [0.1, 0.15) is 5.69 Å². The van der Waals surface area contributed by atoms with Crippen LogP contribution in [-0.4, -0.2) is 64.0 Å². The number of hydrogen-bond donors (Lipinski definition) is 1.